The van der Waals surface area contributed by atoms with Gasteiger partial charge in [0.15, 0.2) is 5.92 Å². The third-order valence-electron chi connectivity index (χ3n) is 3.08. The van der Waals surface area contributed by atoms with Crippen LogP contribution >= 0.6 is 0 Å². The average molecular weight is 254 g/mol. The van der Waals surface area contributed by atoms with Gasteiger partial charge in [-0.3, -0.25) is 4.79 Å². The molecule has 0 aliphatic heterocycles. The highest BCUT2D eigenvalue weighted by atomic mass is 19.4. The van der Waals surface area contributed by atoms with Crippen molar-refractivity contribution < 1.29 is 27.8 Å². The van der Waals surface area contributed by atoms with Crippen molar-refractivity contribution in [1.82, 2.24) is 0 Å². The molecule has 1 aliphatic carbocycles. The molecule has 0 amide bonds. The summed E-state index contributed by atoms with van der Waals surface area (Å²) in [6, 6.07) is 0. The summed E-state index contributed by atoms with van der Waals surface area (Å²) in [6.07, 6.45) is -1.56. The number of hydrogen-bond acceptors (Lipinski definition) is 2. The molecular formula is C11H17F3O3. The molecule has 0 aromatic carbocycles. The minimum Gasteiger partial charge on any atom is -0.481 e. The molecule has 3 unspecified atom stereocenters. The molecule has 1 rings (SSSR count). The Morgan fingerprint density at radius 1 is 1.47 bits per heavy atom. The molecule has 0 aromatic rings. The molecule has 1 aliphatic rings. The van der Waals surface area contributed by atoms with Gasteiger partial charge in [0.1, 0.15) is 0 Å². The van der Waals surface area contributed by atoms with E-state index in [9.17, 15) is 18.0 Å². The van der Waals surface area contributed by atoms with E-state index in [0.29, 0.717) is 18.8 Å². The van der Waals surface area contributed by atoms with E-state index in [2.05, 4.69) is 0 Å². The highest BCUT2D eigenvalue weighted by Gasteiger charge is 2.45. The summed E-state index contributed by atoms with van der Waals surface area (Å²) < 4.78 is 42.1. The van der Waals surface area contributed by atoms with Crippen LogP contribution in [0.15, 0.2) is 0 Å². The zero-order valence-corrected chi connectivity index (χ0v) is 9.67. The lowest BCUT2D eigenvalue weighted by Gasteiger charge is -2.28. The van der Waals surface area contributed by atoms with Gasteiger partial charge >= 0.3 is 12.1 Å². The van der Waals surface area contributed by atoms with Crippen LogP contribution in [0.3, 0.4) is 0 Å². The van der Waals surface area contributed by atoms with Gasteiger partial charge < -0.3 is 9.84 Å². The van der Waals surface area contributed by atoms with Crippen LogP contribution in [0, 0.1) is 11.8 Å². The highest BCUT2D eigenvalue weighted by Crippen LogP contribution is 2.30. The molecule has 1 fully saturated rings. The Kier molecular flexibility index (Phi) is 4.80. The third-order valence-corrected chi connectivity index (χ3v) is 3.08. The lowest BCUT2D eigenvalue weighted by molar-refractivity contribution is -0.206. The van der Waals surface area contributed by atoms with Gasteiger partial charge in [0, 0.05) is 0 Å². The largest absolute Gasteiger partial charge is 0.481 e. The Hall–Kier alpha value is -0.780. The van der Waals surface area contributed by atoms with Crippen molar-refractivity contribution in [3.8, 4) is 0 Å². The molecule has 100 valence electrons. The first kappa shape index (κ1) is 14.3. The number of aliphatic carboxylic acids is 1. The number of hydrogen-bond donors (Lipinski definition) is 1. The Balaban J connectivity index is 2.44. The molecule has 0 saturated heterocycles. The standard InChI is InChI=1S/C11H17F3O3/c1-7-3-2-4-8(5-7)17-6-9(10(15)16)11(12,13)14/h7-9H,2-6H2,1H3,(H,15,16). The van der Waals surface area contributed by atoms with Crippen LogP contribution in [-0.4, -0.2) is 30.0 Å². The van der Waals surface area contributed by atoms with Gasteiger partial charge in [0.05, 0.1) is 12.7 Å². The van der Waals surface area contributed by atoms with Gasteiger partial charge in [-0.1, -0.05) is 19.8 Å². The molecule has 3 atom stereocenters. The molecule has 0 heterocycles. The topological polar surface area (TPSA) is 46.5 Å². The van der Waals surface area contributed by atoms with Gasteiger partial charge in [-0.05, 0) is 18.8 Å². The first-order chi connectivity index (χ1) is 7.80. The SMILES string of the molecule is CC1CCCC(OCC(C(=O)O)C(F)(F)F)C1. The summed E-state index contributed by atoms with van der Waals surface area (Å²) in [5.41, 5.74) is 0. The third kappa shape index (κ3) is 4.53. The molecule has 1 saturated carbocycles. The Morgan fingerprint density at radius 2 is 2.12 bits per heavy atom. The van der Waals surface area contributed by atoms with Crippen LogP contribution < -0.4 is 0 Å². The van der Waals surface area contributed by atoms with Crippen molar-refractivity contribution in [2.75, 3.05) is 6.61 Å². The average Bonchev–Trinajstić information content (AvgIpc) is 2.15. The molecule has 0 bridgehead atoms. The second-order valence-corrected chi connectivity index (χ2v) is 4.66. The fourth-order valence-electron chi connectivity index (χ4n) is 2.07. The molecule has 0 aromatic heterocycles. The highest BCUT2D eigenvalue weighted by molar-refractivity contribution is 5.71. The molecule has 0 radical (unpaired) electrons. The first-order valence-corrected chi connectivity index (χ1v) is 5.71. The van der Waals surface area contributed by atoms with Crippen molar-refractivity contribution in [3.63, 3.8) is 0 Å². The number of rotatable bonds is 4. The van der Waals surface area contributed by atoms with Crippen molar-refractivity contribution in [1.29, 1.82) is 0 Å². The van der Waals surface area contributed by atoms with Crippen LogP contribution in [0.5, 0.6) is 0 Å². The predicted octanol–water partition coefficient (Wildman–Crippen LogP) is 2.84. The molecule has 0 spiro atoms. The lowest BCUT2D eigenvalue weighted by Crippen LogP contribution is -2.36. The quantitative estimate of drug-likeness (QED) is 0.839. The van der Waals surface area contributed by atoms with E-state index >= 15 is 0 Å². The van der Waals surface area contributed by atoms with Gasteiger partial charge in [0.25, 0.3) is 0 Å². The van der Waals surface area contributed by atoms with Crippen LogP contribution in [0.1, 0.15) is 32.6 Å². The fourth-order valence-corrected chi connectivity index (χ4v) is 2.07. The molecule has 3 nitrogen and oxygen atoms in total. The van der Waals surface area contributed by atoms with Crippen molar-refractivity contribution in [3.05, 3.63) is 0 Å². The van der Waals surface area contributed by atoms with Gasteiger partial charge in [-0.25, -0.2) is 0 Å². The zero-order chi connectivity index (χ0) is 13.1. The number of carboxylic acids is 1. The normalized spacial score (nSPS) is 27.8. The number of halogens is 3. The Labute approximate surface area is 97.9 Å². The maximum atomic E-state index is 12.3. The smallest absolute Gasteiger partial charge is 0.404 e. The Bertz CT molecular complexity index is 265. The van der Waals surface area contributed by atoms with Crippen molar-refractivity contribution in [2.24, 2.45) is 11.8 Å². The van der Waals surface area contributed by atoms with E-state index in [1.807, 2.05) is 6.92 Å². The number of alkyl halides is 3. The predicted molar refractivity (Wildman–Crippen MR) is 54.6 cm³/mol. The molecular weight excluding hydrogens is 237 g/mol. The number of carbonyl (C=O) groups is 1. The zero-order valence-electron chi connectivity index (χ0n) is 9.67. The van der Waals surface area contributed by atoms with Crippen LogP contribution in [-0.2, 0) is 9.53 Å². The van der Waals surface area contributed by atoms with Crippen LogP contribution in [0.4, 0.5) is 13.2 Å². The molecule has 1 N–H and O–H groups in total. The first-order valence-electron chi connectivity index (χ1n) is 5.71. The minimum absolute atomic E-state index is 0.233. The van der Waals surface area contributed by atoms with E-state index in [1.165, 1.54) is 0 Å². The fraction of sp³-hybridized carbons (Fsp3) is 0.909. The lowest BCUT2D eigenvalue weighted by atomic mass is 9.88. The minimum atomic E-state index is -4.74. The van der Waals surface area contributed by atoms with Crippen LogP contribution in [0.25, 0.3) is 0 Å². The summed E-state index contributed by atoms with van der Waals surface area (Å²) in [5.74, 6) is -3.86. The molecule has 17 heavy (non-hydrogen) atoms. The number of carboxylic acid groups (broad SMARTS) is 1. The van der Waals surface area contributed by atoms with E-state index < -0.39 is 24.7 Å². The monoisotopic (exact) mass is 254 g/mol. The second-order valence-electron chi connectivity index (χ2n) is 4.66. The summed E-state index contributed by atoms with van der Waals surface area (Å²) in [5, 5.41) is 8.49. The van der Waals surface area contributed by atoms with Gasteiger partial charge in [0.2, 0.25) is 0 Å². The van der Waals surface area contributed by atoms with Gasteiger partial charge in [-0.15, -0.1) is 0 Å². The van der Waals surface area contributed by atoms with Crippen molar-refractivity contribution in [2.45, 2.75) is 44.9 Å². The number of ether oxygens (including phenoxy) is 1. The summed E-state index contributed by atoms with van der Waals surface area (Å²) in [6.45, 7) is 1.24. The molecule has 6 heteroatoms. The maximum Gasteiger partial charge on any atom is 0.404 e. The van der Waals surface area contributed by atoms with E-state index in [-0.39, 0.29) is 6.10 Å². The summed E-state index contributed by atoms with van der Waals surface area (Å²) in [4.78, 5) is 10.5. The van der Waals surface area contributed by atoms with Gasteiger partial charge in [-0.2, -0.15) is 13.2 Å². The van der Waals surface area contributed by atoms with E-state index in [4.69, 9.17) is 9.84 Å². The second kappa shape index (κ2) is 5.71. The van der Waals surface area contributed by atoms with E-state index in [0.717, 1.165) is 12.8 Å². The summed E-state index contributed by atoms with van der Waals surface area (Å²) in [7, 11) is 0. The van der Waals surface area contributed by atoms with Crippen molar-refractivity contribution >= 4 is 5.97 Å². The van der Waals surface area contributed by atoms with E-state index in [1.54, 1.807) is 0 Å². The van der Waals surface area contributed by atoms with Crippen LogP contribution in [0.2, 0.25) is 0 Å². The maximum absolute atomic E-state index is 12.3. The Morgan fingerprint density at radius 3 is 2.59 bits per heavy atom. The summed E-state index contributed by atoms with van der Waals surface area (Å²) >= 11 is 0.